The molecule has 2 rings (SSSR count). The zero-order valence-electron chi connectivity index (χ0n) is 16.3. The number of guanidine groups is 1. The van der Waals surface area contributed by atoms with Crippen molar-refractivity contribution in [3.63, 3.8) is 0 Å². The van der Waals surface area contributed by atoms with Crippen LogP contribution in [0, 0.1) is 13.8 Å². The minimum Gasteiger partial charge on any atom is -0.356 e. The topological polar surface area (TPSA) is 100 Å². The Morgan fingerprint density at radius 3 is 2.59 bits per heavy atom. The van der Waals surface area contributed by atoms with Gasteiger partial charge in [-0.05, 0) is 38.0 Å². The number of nitrogens with one attached hydrogen (secondary N) is 3. The lowest BCUT2D eigenvalue weighted by molar-refractivity contribution is 0.555. The first-order valence-electron chi connectivity index (χ1n) is 8.80. The molecule has 0 saturated heterocycles. The highest BCUT2D eigenvalue weighted by Crippen LogP contribution is 2.15. The molecule has 0 atom stereocenters. The average Bonchev–Trinajstić information content (AvgIpc) is 2.91. The standard InChI is InChI=1S/C18H28N6O2S/c1-14-12-15(2)24(22-14)11-7-10-20-18(19-3)21-13-16-8-5-6-9-17(16)23-27(4,25)26/h5-6,8-9,12,23H,7,10-11,13H2,1-4H3,(H2,19,20,21). The van der Waals surface area contributed by atoms with E-state index in [0.717, 1.165) is 42.7 Å². The van der Waals surface area contributed by atoms with Crippen LogP contribution in [0.3, 0.4) is 0 Å². The van der Waals surface area contributed by atoms with E-state index in [0.29, 0.717) is 18.2 Å². The van der Waals surface area contributed by atoms with Gasteiger partial charge in [0.05, 0.1) is 17.6 Å². The van der Waals surface area contributed by atoms with Gasteiger partial charge in [0.25, 0.3) is 0 Å². The summed E-state index contributed by atoms with van der Waals surface area (Å²) in [5, 5.41) is 10.9. The van der Waals surface area contributed by atoms with Crippen molar-refractivity contribution in [3.05, 3.63) is 47.3 Å². The molecule has 0 spiro atoms. The molecule has 0 saturated carbocycles. The number of anilines is 1. The number of hydrogen-bond donors (Lipinski definition) is 3. The number of nitrogens with zero attached hydrogens (tertiary/aromatic N) is 3. The molecule has 1 heterocycles. The average molecular weight is 393 g/mol. The van der Waals surface area contributed by atoms with Crippen molar-refractivity contribution in [2.75, 3.05) is 24.6 Å². The zero-order chi connectivity index (χ0) is 19.9. The van der Waals surface area contributed by atoms with Crippen LogP contribution in [0.15, 0.2) is 35.3 Å². The maximum Gasteiger partial charge on any atom is 0.229 e. The SMILES string of the molecule is CN=C(NCCCn1nc(C)cc1C)NCc1ccccc1NS(C)(=O)=O. The molecule has 0 aliphatic heterocycles. The molecule has 9 heteroatoms. The Morgan fingerprint density at radius 1 is 1.22 bits per heavy atom. The fourth-order valence-corrected chi connectivity index (χ4v) is 3.31. The largest absolute Gasteiger partial charge is 0.356 e. The molecule has 1 aromatic heterocycles. The van der Waals surface area contributed by atoms with Crippen LogP contribution in [-0.2, 0) is 23.1 Å². The fraction of sp³-hybridized carbons (Fsp3) is 0.444. The number of hydrogen-bond acceptors (Lipinski definition) is 4. The molecule has 0 aliphatic carbocycles. The summed E-state index contributed by atoms with van der Waals surface area (Å²) >= 11 is 0. The van der Waals surface area contributed by atoms with Crippen molar-refractivity contribution in [1.29, 1.82) is 0 Å². The number of benzene rings is 1. The van der Waals surface area contributed by atoms with Gasteiger partial charge in [0, 0.05) is 32.4 Å². The molecule has 0 radical (unpaired) electrons. The van der Waals surface area contributed by atoms with Crippen molar-refractivity contribution in [3.8, 4) is 0 Å². The van der Waals surface area contributed by atoms with E-state index < -0.39 is 10.0 Å². The molecule has 0 fully saturated rings. The second-order valence-electron chi connectivity index (χ2n) is 6.39. The van der Waals surface area contributed by atoms with Gasteiger partial charge in [0.2, 0.25) is 10.0 Å². The second kappa shape index (κ2) is 9.40. The van der Waals surface area contributed by atoms with Crippen LogP contribution in [-0.4, -0.2) is 44.0 Å². The molecule has 0 unspecified atom stereocenters. The first kappa shape index (κ1) is 20.8. The van der Waals surface area contributed by atoms with Gasteiger partial charge < -0.3 is 10.6 Å². The van der Waals surface area contributed by atoms with E-state index in [1.54, 1.807) is 19.2 Å². The number of para-hydroxylation sites is 1. The van der Waals surface area contributed by atoms with Crippen molar-refractivity contribution in [2.45, 2.75) is 33.4 Å². The monoisotopic (exact) mass is 392 g/mol. The zero-order valence-corrected chi connectivity index (χ0v) is 17.1. The maximum atomic E-state index is 11.5. The predicted molar refractivity (Wildman–Crippen MR) is 109 cm³/mol. The maximum absolute atomic E-state index is 11.5. The van der Waals surface area contributed by atoms with Crippen LogP contribution < -0.4 is 15.4 Å². The normalized spacial score (nSPS) is 12.1. The Bertz CT molecular complexity index is 889. The van der Waals surface area contributed by atoms with Gasteiger partial charge in [0.1, 0.15) is 0 Å². The van der Waals surface area contributed by atoms with E-state index in [1.807, 2.05) is 23.7 Å². The van der Waals surface area contributed by atoms with Crippen LogP contribution in [0.1, 0.15) is 23.4 Å². The van der Waals surface area contributed by atoms with Crippen molar-refractivity contribution in [1.82, 2.24) is 20.4 Å². The van der Waals surface area contributed by atoms with E-state index in [-0.39, 0.29) is 0 Å². The minimum atomic E-state index is -3.32. The Labute approximate surface area is 161 Å². The van der Waals surface area contributed by atoms with Crippen LogP contribution in [0.5, 0.6) is 0 Å². The Balaban J connectivity index is 1.83. The third kappa shape index (κ3) is 6.93. The predicted octanol–water partition coefficient (Wildman–Crippen LogP) is 1.63. The molecule has 1 aromatic carbocycles. The quantitative estimate of drug-likeness (QED) is 0.360. The molecule has 8 nitrogen and oxygen atoms in total. The summed E-state index contributed by atoms with van der Waals surface area (Å²) < 4.78 is 27.5. The van der Waals surface area contributed by atoms with Gasteiger partial charge in [-0.15, -0.1) is 0 Å². The van der Waals surface area contributed by atoms with E-state index in [9.17, 15) is 8.42 Å². The molecular weight excluding hydrogens is 364 g/mol. The summed E-state index contributed by atoms with van der Waals surface area (Å²) in [6, 6.07) is 9.34. The summed E-state index contributed by atoms with van der Waals surface area (Å²) in [5.74, 6) is 0.664. The lowest BCUT2D eigenvalue weighted by Crippen LogP contribution is -2.37. The number of aryl methyl sites for hydroxylation is 3. The fourth-order valence-electron chi connectivity index (χ4n) is 2.71. The Kier molecular flexibility index (Phi) is 7.23. The minimum absolute atomic E-state index is 0.454. The highest BCUT2D eigenvalue weighted by Gasteiger charge is 2.07. The number of aliphatic imine (C=N–C) groups is 1. The summed E-state index contributed by atoms with van der Waals surface area (Å²) in [4.78, 5) is 4.21. The van der Waals surface area contributed by atoms with Crippen molar-refractivity contribution >= 4 is 21.7 Å². The van der Waals surface area contributed by atoms with Gasteiger partial charge in [-0.3, -0.25) is 14.4 Å². The molecular formula is C18H28N6O2S. The first-order valence-corrected chi connectivity index (χ1v) is 10.7. The second-order valence-corrected chi connectivity index (χ2v) is 8.14. The molecule has 0 amide bonds. The molecule has 27 heavy (non-hydrogen) atoms. The molecule has 0 bridgehead atoms. The van der Waals surface area contributed by atoms with Crippen LogP contribution >= 0.6 is 0 Å². The van der Waals surface area contributed by atoms with Gasteiger partial charge in [-0.2, -0.15) is 5.10 Å². The van der Waals surface area contributed by atoms with E-state index in [1.165, 1.54) is 0 Å². The third-order valence-corrected chi connectivity index (χ3v) is 4.52. The number of rotatable bonds is 8. The van der Waals surface area contributed by atoms with Crippen molar-refractivity contribution in [2.24, 2.45) is 4.99 Å². The number of aromatic nitrogens is 2. The molecule has 148 valence electrons. The first-order chi connectivity index (χ1) is 12.8. The Hall–Kier alpha value is -2.55. The molecule has 3 N–H and O–H groups in total. The van der Waals surface area contributed by atoms with Crippen LogP contribution in [0.2, 0.25) is 0 Å². The number of sulfonamides is 1. The van der Waals surface area contributed by atoms with Crippen LogP contribution in [0.25, 0.3) is 0 Å². The van der Waals surface area contributed by atoms with E-state index >= 15 is 0 Å². The highest BCUT2D eigenvalue weighted by molar-refractivity contribution is 7.92. The summed E-state index contributed by atoms with van der Waals surface area (Å²) in [6.07, 6.45) is 2.05. The van der Waals surface area contributed by atoms with Crippen LogP contribution in [0.4, 0.5) is 5.69 Å². The third-order valence-electron chi connectivity index (χ3n) is 3.93. The Morgan fingerprint density at radius 2 is 1.96 bits per heavy atom. The highest BCUT2D eigenvalue weighted by atomic mass is 32.2. The van der Waals surface area contributed by atoms with Gasteiger partial charge in [0.15, 0.2) is 5.96 Å². The van der Waals surface area contributed by atoms with Gasteiger partial charge in [-0.1, -0.05) is 18.2 Å². The summed E-state index contributed by atoms with van der Waals surface area (Å²) in [6.45, 7) is 6.09. The summed E-state index contributed by atoms with van der Waals surface area (Å²) in [5.41, 5.74) is 3.59. The van der Waals surface area contributed by atoms with Gasteiger partial charge >= 0.3 is 0 Å². The van der Waals surface area contributed by atoms with Gasteiger partial charge in [-0.25, -0.2) is 8.42 Å². The van der Waals surface area contributed by atoms with E-state index in [4.69, 9.17) is 0 Å². The lowest BCUT2D eigenvalue weighted by atomic mass is 10.2. The lowest BCUT2D eigenvalue weighted by Gasteiger charge is -2.15. The van der Waals surface area contributed by atoms with Crippen molar-refractivity contribution < 1.29 is 8.42 Å². The molecule has 0 aliphatic rings. The smallest absolute Gasteiger partial charge is 0.229 e. The van der Waals surface area contributed by atoms with E-state index in [2.05, 4.69) is 38.4 Å². The summed E-state index contributed by atoms with van der Waals surface area (Å²) in [7, 11) is -1.62. The molecule has 2 aromatic rings.